The first-order chi connectivity index (χ1) is 16.0. The van der Waals surface area contributed by atoms with Crippen molar-refractivity contribution in [2.45, 2.75) is 49.1 Å². The van der Waals surface area contributed by atoms with E-state index in [1.54, 1.807) is 18.3 Å². The van der Waals surface area contributed by atoms with Gasteiger partial charge < -0.3 is 10.2 Å². The first-order valence-corrected chi connectivity index (χ1v) is 12.2. The van der Waals surface area contributed by atoms with Crippen LogP contribution in [0, 0.1) is 13.8 Å². The van der Waals surface area contributed by atoms with E-state index in [2.05, 4.69) is 42.3 Å². The molecule has 1 aliphatic heterocycles. The molecule has 1 fully saturated rings. The average molecular weight is 460 g/mol. The van der Waals surface area contributed by atoms with Gasteiger partial charge in [0.05, 0.1) is 5.56 Å². The van der Waals surface area contributed by atoms with Crippen LogP contribution >= 0.6 is 11.8 Å². The summed E-state index contributed by atoms with van der Waals surface area (Å²) in [7, 11) is 0. The molecule has 0 saturated carbocycles. The third-order valence-corrected chi connectivity index (χ3v) is 7.05. The van der Waals surface area contributed by atoms with E-state index in [4.69, 9.17) is 0 Å². The number of hydrogen-bond donors (Lipinski definition) is 1. The van der Waals surface area contributed by atoms with Crippen molar-refractivity contribution < 1.29 is 9.59 Å². The van der Waals surface area contributed by atoms with Crippen molar-refractivity contribution in [2.75, 3.05) is 13.1 Å². The zero-order valence-corrected chi connectivity index (χ0v) is 19.9. The lowest BCUT2D eigenvalue weighted by atomic mass is 10.0. The van der Waals surface area contributed by atoms with Crippen LogP contribution in [0.2, 0.25) is 0 Å². The van der Waals surface area contributed by atoms with Crippen LogP contribution in [0.5, 0.6) is 0 Å². The Labute approximate surface area is 199 Å². The molecule has 3 aromatic rings. The molecule has 0 aliphatic carbocycles. The van der Waals surface area contributed by atoms with Gasteiger partial charge in [-0.15, -0.1) is 0 Å². The number of nitrogens with one attached hydrogen (secondary N) is 1. The van der Waals surface area contributed by atoms with E-state index in [9.17, 15) is 9.59 Å². The van der Waals surface area contributed by atoms with Crippen molar-refractivity contribution in [2.24, 2.45) is 0 Å². The fraction of sp³-hybridized carbons (Fsp3) is 0.296. The standard InChI is InChI=1S/C27H29N3O2S/c1-19-12-13-24(20(2)17-19)33-26-22(11-8-14-28-26)25(31)29-23(18-21-9-4-3-5-10-21)27(32)30-15-6-7-16-30/h3-5,8-14,17,23H,6-7,15-16,18H2,1-2H3,(H,29,31). The molecule has 2 aromatic carbocycles. The van der Waals surface area contributed by atoms with E-state index in [1.165, 1.54) is 17.3 Å². The van der Waals surface area contributed by atoms with Crippen molar-refractivity contribution in [1.29, 1.82) is 0 Å². The summed E-state index contributed by atoms with van der Waals surface area (Å²) in [5, 5.41) is 3.66. The van der Waals surface area contributed by atoms with E-state index in [1.807, 2.05) is 35.2 Å². The van der Waals surface area contributed by atoms with Crippen molar-refractivity contribution in [1.82, 2.24) is 15.2 Å². The first kappa shape index (κ1) is 23.1. The second-order valence-electron chi connectivity index (χ2n) is 8.48. The SMILES string of the molecule is Cc1ccc(Sc2ncccc2C(=O)NC(Cc2ccccc2)C(=O)N2CCCC2)c(C)c1. The van der Waals surface area contributed by atoms with Crippen LogP contribution in [0.4, 0.5) is 0 Å². The maximum absolute atomic E-state index is 13.4. The normalized spacial score (nSPS) is 14.2. The topological polar surface area (TPSA) is 62.3 Å². The minimum absolute atomic E-state index is 0.0165. The van der Waals surface area contributed by atoms with Gasteiger partial charge >= 0.3 is 0 Å². The quantitative estimate of drug-likeness (QED) is 0.551. The molecule has 1 N–H and O–H groups in total. The van der Waals surface area contributed by atoms with Gasteiger partial charge in [-0.25, -0.2) is 4.98 Å². The molecule has 2 heterocycles. The Morgan fingerprint density at radius 3 is 2.52 bits per heavy atom. The summed E-state index contributed by atoms with van der Waals surface area (Å²) in [5.41, 5.74) is 3.84. The Balaban J connectivity index is 1.56. The van der Waals surface area contributed by atoms with Gasteiger partial charge in [-0.2, -0.15) is 0 Å². The summed E-state index contributed by atoms with van der Waals surface area (Å²) in [5.74, 6) is -0.291. The molecular formula is C27H29N3O2S. The number of carbonyl (C=O) groups is 2. The molecule has 0 bridgehead atoms. The highest BCUT2D eigenvalue weighted by Gasteiger charge is 2.29. The third-order valence-electron chi connectivity index (χ3n) is 5.86. The first-order valence-electron chi connectivity index (χ1n) is 11.3. The van der Waals surface area contributed by atoms with Crippen molar-refractivity contribution >= 4 is 23.6 Å². The van der Waals surface area contributed by atoms with Gasteiger partial charge in [-0.3, -0.25) is 9.59 Å². The molecule has 4 rings (SSSR count). The predicted molar refractivity (Wildman–Crippen MR) is 131 cm³/mol. The highest BCUT2D eigenvalue weighted by Crippen LogP contribution is 2.31. The molecule has 0 spiro atoms. The Morgan fingerprint density at radius 1 is 1.03 bits per heavy atom. The number of rotatable bonds is 7. The van der Waals surface area contributed by atoms with Gasteiger partial charge in [0.1, 0.15) is 11.1 Å². The Bertz CT molecular complexity index is 1130. The number of hydrogen-bond acceptors (Lipinski definition) is 4. The molecule has 33 heavy (non-hydrogen) atoms. The van der Waals surface area contributed by atoms with E-state index < -0.39 is 6.04 Å². The lowest BCUT2D eigenvalue weighted by molar-refractivity contribution is -0.132. The van der Waals surface area contributed by atoms with Gasteiger partial charge in [0.15, 0.2) is 0 Å². The van der Waals surface area contributed by atoms with Gasteiger partial charge in [0.2, 0.25) is 5.91 Å². The fourth-order valence-electron chi connectivity index (χ4n) is 4.11. The van der Waals surface area contributed by atoms with Gasteiger partial charge in [-0.1, -0.05) is 59.8 Å². The fourth-order valence-corrected chi connectivity index (χ4v) is 5.06. The maximum atomic E-state index is 13.4. The lowest BCUT2D eigenvalue weighted by Crippen LogP contribution is -2.49. The second-order valence-corrected chi connectivity index (χ2v) is 9.51. The molecule has 1 aliphatic rings. The molecule has 1 atom stereocenters. The van der Waals surface area contributed by atoms with Crippen LogP contribution in [-0.4, -0.2) is 40.8 Å². The molecular weight excluding hydrogens is 430 g/mol. The number of amides is 2. The zero-order valence-electron chi connectivity index (χ0n) is 19.1. The lowest BCUT2D eigenvalue weighted by Gasteiger charge is -2.24. The highest BCUT2D eigenvalue weighted by molar-refractivity contribution is 7.99. The van der Waals surface area contributed by atoms with Gasteiger partial charge in [0.25, 0.3) is 5.91 Å². The monoisotopic (exact) mass is 459 g/mol. The van der Waals surface area contributed by atoms with E-state index >= 15 is 0 Å². The molecule has 0 radical (unpaired) electrons. The van der Waals surface area contributed by atoms with Crippen LogP contribution in [0.3, 0.4) is 0 Å². The van der Waals surface area contributed by atoms with Crippen LogP contribution in [0.25, 0.3) is 0 Å². The molecule has 1 saturated heterocycles. The average Bonchev–Trinajstić information content (AvgIpc) is 3.36. The molecule has 2 amide bonds. The van der Waals surface area contributed by atoms with E-state index in [0.717, 1.165) is 42.0 Å². The number of likely N-dealkylation sites (tertiary alicyclic amines) is 1. The number of aromatic nitrogens is 1. The molecule has 170 valence electrons. The van der Waals surface area contributed by atoms with Gasteiger partial charge in [0, 0.05) is 30.6 Å². The number of benzene rings is 2. The largest absolute Gasteiger partial charge is 0.341 e. The smallest absolute Gasteiger partial charge is 0.254 e. The van der Waals surface area contributed by atoms with E-state index in [-0.39, 0.29) is 11.8 Å². The number of nitrogens with zero attached hydrogens (tertiary/aromatic N) is 2. The van der Waals surface area contributed by atoms with Crippen LogP contribution in [0.1, 0.15) is 39.9 Å². The molecule has 1 aromatic heterocycles. The summed E-state index contributed by atoms with van der Waals surface area (Å²) in [4.78, 5) is 34.0. The summed E-state index contributed by atoms with van der Waals surface area (Å²) in [6.07, 6.45) is 4.18. The zero-order chi connectivity index (χ0) is 23.2. The van der Waals surface area contributed by atoms with Crippen molar-refractivity contribution in [3.63, 3.8) is 0 Å². The van der Waals surface area contributed by atoms with E-state index in [0.29, 0.717) is 17.0 Å². The number of pyridine rings is 1. The summed E-state index contributed by atoms with van der Waals surface area (Å²) < 4.78 is 0. The molecule has 5 nitrogen and oxygen atoms in total. The van der Waals surface area contributed by atoms with Crippen molar-refractivity contribution in [3.8, 4) is 0 Å². The van der Waals surface area contributed by atoms with Crippen LogP contribution in [0.15, 0.2) is 76.8 Å². The minimum Gasteiger partial charge on any atom is -0.341 e. The molecule has 6 heteroatoms. The summed E-state index contributed by atoms with van der Waals surface area (Å²) in [6.45, 7) is 5.62. The Kier molecular flexibility index (Phi) is 7.45. The van der Waals surface area contributed by atoms with Crippen LogP contribution < -0.4 is 5.32 Å². The highest BCUT2D eigenvalue weighted by atomic mass is 32.2. The summed E-state index contributed by atoms with van der Waals surface area (Å²) >= 11 is 1.48. The second kappa shape index (κ2) is 10.7. The predicted octanol–water partition coefficient (Wildman–Crippen LogP) is 4.81. The number of aryl methyl sites for hydroxylation is 2. The van der Waals surface area contributed by atoms with Crippen LogP contribution in [-0.2, 0) is 11.2 Å². The Hall–Kier alpha value is -3.12. The minimum atomic E-state index is -0.614. The maximum Gasteiger partial charge on any atom is 0.254 e. The summed E-state index contributed by atoms with van der Waals surface area (Å²) in [6, 6.07) is 19.0. The van der Waals surface area contributed by atoms with Crippen molar-refractivity contribution in [3.05, 3.63) is 89.1 Å². The molecule has 1 unspecified atom stereocenters. The third kappa shape index (κ3) is 5.82. The number of carbonyl (C=O) groups excluding carboxylic acids is 2. The van der Waals surface area contributed by atoms with Gasteiger partial charge in [-0.05, 0) is 56.0 Å². The Morgan fingerprint density at radius 2 is 1.79 bits per heavy atom.